The highest BCUT2D eigenvalue weighted by atomic mass is 32.1. The lowest BCUT2D eigenvalue weighted by Gasteiger charge is -2.10. The Bertz CT molecular complexity index is 1640. The number of carbonyl (C=O) groups is 2. The molecule has 0 aliphatic heterocycles. The van der Waals surface area contributed by atoms with Gasteiger partial charge in [0.25, 0.3) is 5.91 Å². The Balaban J connectivity index is 1.83. The molecule has 3 heterocycles. The summed E-state index contributed by atoms with van der Waals surface area (Å²) in [6, 6.07) is 11.8. The fourth-order valence-corrected chi connectivity index (χ4v) is 5.99. The van der Waals surface area contributed by atoms with E-state index in [1.165, 1.54) is 0 Å². The summed E-state index contributed by atoms with van der Waals surface area (Å²) in [4.78, 5) is 30.7. The number of rotatable bonds is 6. The van der Waals surface area contributed by atoms with Crippen LogP contribution in [0.25, 0.3) is 21.3 Å². The normalized spacial score (nSPS) is 10.6. The van der Waals surface area contributed by atoms with Crippen molar-refractivity contribution in [1.29, 1.82) is 10.5 Å². The number of thiophene rings is 2. The molecule has 9 nitrogen and oxygen atoms in total. The number of nitrogens with one attached hydrogen (secondary N) is 1. The van der Waals surface area contributed by atoms with Crippen LogP contribution in [0, 0.1) is 29.6 Å². The third kappa shape index (κ3) is 4.47. The van der Waals surface area contributed by atoms with Crippen molar-refractivity contribution in [2.75, 3.05) is 23.4 Å². The first-order valence-electron chi connectivity index (χ1n) is 11.3. The average molecular weight is 531 g/mol. The number of fused-ring (bicyclic) bond motifs is 1. The first-order chi connectivity index (χ1) is 17.7. The van der Waals surface area contributed by atoms with Crippen molar-refractivity contribution in [2.45, 2.75) is 27.2 Å². The minimum Gasteiger partial charge on any atom is -0.462 e. The molecular formula is C26H22N6O3S2. The maximum Gasteiger partial charge on any atom is 0.348 e. The molecule has 0 aliphatic rings. The van der Waals surface area contributed by atoms with Gasteiger partial charge in [-0.05, 0) is 37.0 Å². The first kappa shape index (κ1) is 25.6. The predicted octanol–water partition coefficient (Wildman–Crippen LogP) is 5.23. The third-order valence-corrected chi connectivity index (χ3v) is 8.11. The molecule has 0 fully saturated rings. The molecule has 1 aromatic carbocycles. The minimum atomic E-state index is -0.571. The van der Waals surface area contributed by atoms with E-state index < -0.39 is 11.9 Å². The molecule has 1 amide bonds. The van der Waals surface area contributed by atoms with Crippen LogP contribution in [0.5, 0.6) is 0 Å². The lowest BCUT2D eigenvalue weighted by atomic mass is 9.96. The molecule has 4 rings (SSSR count). The Morgan fingerprint density at radius 3 is 2.32 bits per heavy atom. The van der Waals surface area contributed by atoms with Crippen LogP contribution in [0.2, 0.25) is 0 Å². The number of esters is 1. The molecule has 3 aromatic heterocycles. The second-order valence-corrected chi connectivity index (χ2v) is 10.0. The summed E-state index contributed by atoms with van der Waals surface area (Å²) in [5, 5.41) is 22.9. The van der Waals surface area contributed by atoms with Gasteiger partial charge in [-0.3, -0.25) is 4.79 Å². The molecule has 0 bridgehead atoms. The molecule has 5 N–H and O–H groups in total. The number of nitrogens with zero attached hydrogens (tertiary/aromatic N) is 3. The second-order valence-electron chi connectivity index (χ2n) is 7.98. The number of ether oxygens (including phenoxy) is 1. The number of carbonyl (C=O) groups excluding carboxylic acids is 2. The zero-order valence-corrected chi connectivity index (χ0v) is 21.9. The number of anilines is 3. The Morgan fingerprint density at radius 1 is 1.05 bits per heavy atom. The summed E-state index contributed by atoms with van der Waals surface area (Å²) in [5.41, 5.74) is 15.9. The highest BCUT2D eigenvalue weighted by Gasteiger charge is 2.27. The van der Waals surface area contributed by atoms with E-state index in [-0.39, 0.29) is 44.0 Å². The van der Waals surface area contributed by atoms with Crippen molar-refractivity contribution in [1.82, 2.24) is 4.98 Å². The summed E-state index contributed by atoms with van der Waals surface area (Å²) in [6.45, 7) is 5.53. The maximum atomic E-state index is 13.3. The van der Waals surface area contributed by atoms with Gasteiger partial charge in [-0.25, -0.2) is 9.78 Å². The van der Waals surface area contributed by atoms with Gasteiger partial charge in [-0.15, -0.1) is 22.7 Å². The van der Waals surface area contributed by atoms with Gasteiger partial charge < -0.3 is 21.5 Å². The maximum absolute atomic E-state index is 13.3. The van der Waals surface area contributed by atoms with E-state index in [0.29, 0.717) is 21.3 Å². The van der Waals surface area contributed by atoms with Gasteiger partial charge in [-0.2, -0.15) is 10.5 Å². The van der Waals surface area contributed by atoms with Crippen LogP contribution in [-0.2, 0) is 11.2 Å². The lowest BCUT2D eigenvalue weighted by molar-refractivity contribution is 0.0531. The summed E-state index contributed by atoms with van der Waals surface area (Å²) in [5.74, 6) is -1.10. The van der Waals surface area contributed by atoms with Gasteiger partial charge in [0, 0.05) is 10.9 Å². The van der Waals surface area contributed by atoms with Crippen LogP contribution >= 0.6 is 22.7 Å². The van der Waals surface area contributed by atoms with Gasteiger partial charge in [0.2, 0.25) is 0 Å². The van der Waals surface area contributed by atoms with Crippen LogP contribution < -0.4 is 16.8 Å². The molecule has 0 radical (unpaired) electrons. The van der Waals surface area contributed by atoms with Gasteiger partial charge in [0.15, 0.2) is 0 Å². The van der Waals surface area contributed by atoms with Crippen molar-refractivity contribution in [3.63, 3.8) is 0 Å². The van der Waals surface area contributed by atoms with Crippen LogP contribution in [-0.4, -0.2) is 23.5 Å². The molecule has 11 heteroatoms. The van der Waals surface area contributed by atoms with E-state index in [0.717, 1.165) is 40.2 Å². The van der Waals surface area contributed by atoms with Crippen LogP contribution in [0.4, 0.5) is 16.5 Å². The largest absolute Gasteiger partial charge is 0.462 e. The summed E-state index contributed by atoms with van der Waals surface area (Å²) < 4.78 is 5.06. The number of nitriles is 2. The highest BCUT2D eigenvalue weighted by Crippen LogP contribution is 2.43. The highest BCUT2D eigenvalue weighted by molar-refractivity contribution is 7.22. The van der Waals surface area contributed by atoms with Crippen molar-refractivity contribution < 1.29 is 14.3 Å². The number of aryl methyl sites for hydroxylation is 1. The summed E-state index contributed by atoms with van der Waals surface area (Å²) >= 11 is 2.00. The van der Waals surface area contributed by atoms with Crippen molar-refractivity contribution in [3.05, 3.63) is 56.3 Å². The smallest absolute Gasteiger partial charge is 0.348 e. The van der Waals surface area contributed by atoms with Crippen LogP contribution in [0.3, 0.4) is 0 Å². The standard InChI is InChI=1S/C26H22N6O3S2/c1-4-13-6-8-14(9-7-13)17-16(11-28)22(30)31-25-18(17)19(29)21(37-25)23(33)32-24-15(10-27)12(3)20(36-24)26(34)35-5-2/h6-9H,4-5,29H2,1-3H3,(H2,30,31)(H,32,33). The molecule has 0 spiro atoms. The van der Waals surface area contributed by atoms with E-state index in [1.807, 2.05) is 37.3 Å². The molecule has 37 heavy (non-hydrogen) atoms. The summed E-state index contributed by atoms with van der Waals surface area (Å²) in [7, 11) is 0. The van der Waals surface area contributed by atoms with Crippen molar-refractivity contribution in [3.8, 4) is 23.3 Å². The van der Waals surface area contributed by atoms with E-state index in [9.17, 15) is 20.1 Å². The topological polar surface area (TPSA) is 168 Å². The predicted molar refractivity (Wildman–Crippen MR) is 146 cm³/mol. The number of nitrogen functional groups attached to an aromatic ring is 2. The molecule has 0 saturated carbocycles. The fraction of sp³-hybridized carbons (Fsp3) is 0.192. The third-order valence-electron chi connectivity index (χ3n) is 5.82. The number of aromatic nitrogens is 1. The van der Waals surface area contributed by atoms with Crippen LogP contribution in [0.15, 0.2) is 24.3 Å². The molecule has 4 aromatic rings. The quantitative estimate of drug-likeness (QED) is 0.285. The molecule has 0 aliphatic carbocycles. The van der Waals surface area contributed by atoms with E-state index in [2.05, 4.69) is 16.4 Å². The molecule has 186 valence electrons. The van der Waals surface area contributed by atoms with Gasteiger partial charge in [0.1, 0.15) is 43.1 Å². The SMILES string of the molecule is CCOC(=O)c1sc(NC(=O)c2sc3nc(N)c(C#N)c(-c4ccc(CC)cc4)c3c2N)c(C#N)c1C. The average Bonchev–Trinajstić information content (AvgIpc) is 3.38. The number of benzene rings is 1. The number of amides is 1. The lowest BCUT2D eigenvalue weighted by Crippen LogP contribution is -2.12. The van der Waals surface area contributed by atoms with Gasteiger partial charge in [-0.1, -0.05) is 31.2 Å². The van der Waals surface area contributed by atoms with Gasteiger partial charge >= 0.3 is 5.97 Å². The first-order valence-corrected chi connectivity index (χ1v) is 12.9. The number of pyridine rings is 1. The Labute approximate surface area is 220 Å². The Hall–Kier alpha value is -4.45. The fourth-order valence-electron chi connectivity index (χ4n) is 3.94. The van der Waals surface area contributed by atoms with Crippen molar-refractivity contribution in [2.24, 2.45) is 0 Å². The van der Waals surface area contributed by atoms with E-state index in [1.54, 1.807) is 13.8 Å². The monoisotopic (exact) mass is 530 g/mol. The molecule has 0 saturated heterocycles. The molecule has 0 unspecified atom stereocenters. The second kappa shape index (κ2) is 10.3. The zero-order chi connectivity index (χ0) is 26.9. The Morgan fingerprint density at radius 2 is 1.73 bits per heavy atom. The Kier molecular flexibility index (Phi) is 7.11. The molecule has 0 atom stereocenters. The number of hydrogen-bond donors (Lipinski definition) is 3. The van der Waals surface area contributed by atoms with Gasteiger partial charge in [0.05, 0.1) is 17.9 Å². The number of hydrogen-bond acceptors (Lipinski definition) is 10. The van der Waals surface area contributed by atoms with Crippen molar-refractivity contribution >= 4 is 61.3 Å². The molecular weight excluding hydrogens is 508 g/mol. The summed E-state index contributed by atoms with van der Waals surface area (Å²) in [6.07, 6.45) is 0.856. The minimum absolute atomic E-state index is 0.0394. The van der Waals surface area contributed by atoms with Crippen LogP contribution in [0.1, 0.15) is 55.4 Å². The van der Waals surface area contributed by atoms with E-state index >= 15 is 0 Å². The number of nitrogens with two attached hydrogens (primary N) is 2. The zero-order valence-electron chi connectivity index (χ0n) is 20.3. The van der Waals surface area contributed by atoms with E-state index in [4.69, 9.17) is 16.2 Å².